The van der Waals surface area contributed by atoms with Gasteiger partial charge in [0.05, 0.1) is 25.0 Å². The van der Waals surface area contributed by atoms with Crippen LogP contribution in [0.4, 0.5) is 5.82 Å². The number of hydrogen-bond donors (Lipinski definition) is 2. The van der Waals surface area contributed by atoms with Crippen molar-refractivity contribution >= 4 is 11.7 Å². The smallest absolute Gasteiger partial charge is 0.239 e. The number of amides is 1. The van der Waals surface area contributed by atoms with Crippen LogP contribution in [0, 0.1) is 6.92 Å². The van der Waals surface area contributed by atoms with Gasteiger partial charge in [-0.25, -0.2) is 4.68 Å². The normalized spacial score (nSPS) is 13.7. The Bertz CT molecular complexity index is 632. The first-order chi connectivity index (χ1) is 11.0. The summed E-state index contributed by atoms with van der Waals surface area (Å²) in [6.45, 7) is 9.27. The number of nitrogens with one attached hydrogen (secondary N) is 2. The Morgan fingerprint density at radius 1 is 1.35 bits per heavy atom. The summed E-state index contributed by atoms with van der Waals surface area (Å²) >= 11 is 0. The van der Waals surface area contributed by atoms with Crippen molar-refractivity contribution in [3.05, 3.63) is 30.2 Å². The lowest BCUT2D eigenvalue weighted by Crippen LogP contribution is -2.39. The largest absolute Gasteiger partial charge is 0.310 e. The lowest BCUT2D eigenvalue weighted by atomic mass is 10.2. The molecule has 0 saturated carbocycles. The van der Waals surface area contributed by atoms with Gasteiger partial charge in [-0.3, -0.25) is 9.48 Å². The first-order valence-corrected chi connectivity index (χ1v) is 8.07. The highest BCUT2D eigenvalue weighted by Gasteiger charge is 2.16. The first kappa shape index (κ1) is 17.2. The van der Waals surface area contributed by atoms with E-state index in [0.29, 0.717) is 0 Å². The van der Waals surface area contributed by atoms with E-state index in [9.17, 15) is 4.79 Å². The molecule has 0 saturated heterocycles. The van der Waals surface area contributed by atoms with Crippen LogP contribution in [0.15, 0.2) is 24.7 Å². The van der Waals surface area contributed by atoms with Gasteiger partial charge in [0, 0.05) is 24.8 Å². The molecule has 2 N–H and O–H groups in total. The molecule has 2 aromatic rings. The third-order valence-corrected chi connectivity index (χ3v) is 3.88. The number of carbonyl (C=O) groups is 1. The molecule has 0 unspecified atom stereocenters. The van der Waals surface area contributed by atoms with Crippen LogP contribution in [0.5, 0.6) is 0 Å². The summed E-state index contributed by atoms with van der Waals surface area (Å²) in [5.41, 5.74) is 1.13. The van der Waals surface area contributed by atoms with Crippen molar-refractivity contribution in [2.75, 3.05) is 11.9 Å². The van der Waals surface area contributed by atoms with Crippen molar-refractivity contribution in [3.8, 4) is 0 Å². The van der Waals surface area contributed by atoms with Gasteiger partial charge in [0.1, 0.15) is 5.82 Å². The van der Waals surface area contributed by atoms with Crippen LogP contribution in [0.3, 0.4) is 0 Å². The van der Waals surface area contributed by atoms with Gasteiger partial charge in [0.25, 0.3) is 0 Å². The van der Waals surface area contributed by atoms with Crippen molar-refractivity contribution in [2.24, 2.45) is 0 Å². The Hall–Kier alpha value is -2.15. The highest BCUT2D eigenvalue weighted by Crippen LogP contribution is 2.11. The van der Waals surface area contributed by atoms with Crippen LogP contribution in [-0.2, 0) is 11.3 Å². The highest BCUT2D eigenvalue weighted by atomic mass is 16.2. The Labute approximate surface area is 137 Å². The molecule has 1 amide bonds. The second kappa shape index (κ2) is 7.92. The van der Waals surface area contributed by atoms with Gasteiger partial charge < -0.3 is 10.6 Å². The molecule has 7 heteroatoms. The van der Waals surface area contributed by atoms with E-state index in [2.05, 4.69) is 41.6 Å². The molecule has 2 atom stereocenters. The summed E-state index contributed by atoms with van der Waals surface area (Å²) in [7, 11) is 0. The van der Waals surface area contributed by atoms with Crippen molar-refractivity contribution in [2.45, 2.75) is 52.7 Å². The Morgan fingerprint density at radius 3 is 2.78 bits per heavy atom. The van der Waals surface area contributed by atoms with Crippen molar-refractivity contribution < 1.29 is 4.79 Å². The fourth-order valence-electron chi connectivity index (χ4n) is 2.32. The second-order valence-electron chi connectivity index (χ2n) is 5.90. The number of aromatic nitrogens is 4. The van der Waals surface area contributed by atoms with Gasteiger partial charge in [0.2, 0.25) is 5.91 Å². The summed E-state index contributed by atoms with van der Waals surface area (Å²) in [5.74, 6) is 0.667. The third-order valence-electron chi connectivity index (χ3n) is 3.88. The molecule has 126 valence electrons. The monoisotopic (exact) mass is 318 g/mol. The van der Waals surface area contributed by atoms with E-state index in [-0.39, 0.29) is 24.5 Å². The van der Waals surface area contributed by atoms with Gasteiger partial charge in [-0.05, 0) is 32.8 Å². The van der Waals surface area contributed by atoms with Crippen LogP contribution in [0.1, 0.15) is 38.8 Å². The number of anilines is 1. The van der Waals surface area contributed by atoms with Gasteiger partial charge in [0.15, 0.2) is 0 Å². The van der Waals surface area contributed by atoms with Crippen LogP contribution >= 0.6 is 0 Å². The fraction of sp³-hybridized carbons (Fsp3) is 0.562. The zero-order chi connectivity index (χ0) is 16.8. The van der Waals surface area contributed by atoms with E-state index in [1.165, 1.54) is 0 Å². The molecule has 0 spiro atoms. The van der Waals surface area contributed by atoms with Crippen LogP contribution in [-0.4, -0.2) is 38.1 Å². The fourth-order valence-corrected chi connectivity index (χ4v) is 2.32. The lowest BCUT2D eigenvalue weighted by molar-refractivity contribution is -0.115. The summed E-state index contributed by atoms with van der Waals surface area (Å²) in [4.78, 5) is 12.1. The molecule has 2 aromatic heterocycles. The molecule has 7 nitrogen and oxygen atoms in total. The van der Waals surface area contributed by atoms with E-state index < -0.39 is 0 Å². The van der Waals surface area contributed by atoms with E-state index in [4.69, 9.17) is 0 Å². The maximum atomic E-state index is 12.1. The Kier molecular flexibility index (Phi) is 5.92. The molecule has 0 aromatic carbocycles. The molecular formula is C16H26N6O. The summed E-state index contributed by atoms with van der Waals surface area (Å²) in [6.07, 6.45) is 6.51. The summed E-state index contributed by atoms with van der Waals surface area (Å²) < 4.78 is 3.72. The Morgan fingerprint density at radius 2 is 2.13 bits per heavy atom. The van der Waals surface area contributed by atoms with Crippen LogP contribution in [0.25, 0.3) is 0 Å². The van der Waals surface area contributed by atoms with Crippen molar-refractivity contribution in [1.29, 1.82) is 0 Å². The number of rotatable bonds is 8. The van der Waals surface area contributed by atoms with Gasteiger partial charge in [-0.2, -0.15) is 10.2 Å². The molecule has 0 fully saturated rings. The minimum absolute atomic E-state index is 0.0708. The zero-order valence-electron chi connectivity index (χ0n) is 14.3. The highest BCUT2D eigenvalue weighted by molar-refractivity contribution is 5.91. The molecule has 0 aliphatic heterocycles. The summed E-state index contributed by atoms with van der Waals surface area (Å²) in [6, 6.07) is 2.11. The maximum Gasteiger partial charge on any atom is 0.239 e. The molecule has 0 aliphatic rings. The van der Waals surface area contributed by atoms with Gasteiger partial charge >= 0.3 is 0 Å². The average Bonchev–Trinajstić information content (AvgIpc) is 3.14. The number of carbonyl (C=O) groups excluding carboxylic acids is 1. The minimum Gasteiger partial charge on any atom is -0.310 e. The van der Waals surface area contributed by atoms with E-state index >= 15 is 0 Å². The van der Waals surface area contributed by atoms with E-state index in [1.807, 2.05) is 30.1 Å². The third kappa shape index (κ3) is 4.66. The maximum absolute atomic E-state index is 12.1. The van der Waals surface area contributed by atoms with Gasteiger partial charge in [-0.15, -0.1) is 0 Å². The molecule has 2 rings (SSSR count). The molecule has 0 aliphatic carbocycles. The topological polar surface area (TPSA) is 76.8 Å². The SMILES string of the molecule is CCCn1nccc1NC(=O)CN[C@H](C)[C@@H](C)n1cc(C)cn1. The van der Waals surface area contributed by atoms with Crippen LogP contribution < -0.4 is 10.6 Å². The molecule has 0 bridgehead atoms. The van der Waals surface area contributed by atoms with E-state index in [1.54, 1.807) is 10.9 Å². The van der Waals surface area contributed by atoms with Crippen molar-refractivity contribution in [3.63, 3.8) is 0 Å². The molecule has 2 heterocycles. The van der Waals surface area contributed by atoms with Crippen molar-refractivity contribution in [1.82, 2.24) is 24.9 Å². The predicted molar refractivity (Wildman–Crippen MR) is 90.3 cm³/mol. The minimum atomic E-state index is -0.0708. The number of nitrogens with zero attached hydrogens (tertiary/aromatic N) is 4. The number of hydrogen-bond acceptors (Lipinski definition) is 4. The standard InChI is InChI=1S/C16H26N6O/c1-5-8-21-15(6-7-18-21)20-16(23)10-17-13(3)14(4)22-11-12(2)9-19-22/h6-7,9,11,13-14,17H,5,8,10H2,1-4H3,(H,20,23)/t13-,14-/m1/s1. The van der Waals surface area contributed by atoms with Gasteiger partial charge in [-0.1, -0.05) is 6.92 Å². The summed E-state index contributed by atoms with van der Waals surface area (Å²) in [5, 5.41) is 14.7. The second-order valence-corrected chi connectivity index (χ2v) is 5.90. The molecular weight excluding hydrogens is 292 g/mol. The predicted octanol–water partition coefficient (Wildman–Crippen LogP) is 1.98. The molecule has 23 heavy (non-hydrogen) atoms. The first-order valence-electron chi connectivity index (χ1n) is 8.07. The average molecular weight is 318 g/mol. The Balaban J connectivity index is 1.82. The van der Waals surface area contributed by atoms with E-state index in [0.717, 1.165) is 24.3 Å². The zero-order valence-corrected chi connectivity index (χ0v) is 14.3. The number of aryl methyl sites for hydroxylation is 2. The molecule has 0 radical (unpaired) electrons. The quantitative estimate of drug-likeness (QED) is 0.780. The lowest BCUT2D eigenvalue weighted by Gasteiger charge is -2.21. The van der Waals surface area contributed by atoms with Crippen LogP contribution in [0.2, 0.25) is 0 Å².